The van der Waals surface area contributed by atoms with E-state index in [0.717, 1.165) is 18.7 Å². The standard InChI is InChI=1S/C19H30N4O4/c1-13(2)11-23-14(3)17(10-20-23)19(27)21-8-5-6-16(7-9-21)22(15(4)24)12-18(25)26/h10,13,16H,5-9,11-12H2,1-4H3,(H,25,26). The second-order valence-corrected chi connectivity index (χ2v) is 7.64. The summed E-state index contributed by atoms with van der Waals surface area (Å²) in [5.74, 6) is -0.864. The van der Waals surface area contributed by atoms with Crippen molar-refractivity contribution in [2.24, 2.45) is 5.92 Å². The zero-order valence-electron chi connectivity index (χ0n) is 16.6. The Labute approximate surface area is 160 Å². The average Bonchev–Trinajstić information content (AvgIpc) is 2.80. The first-order valence-electron chi connectivity index (χ1n) is 9.51. The van der Waals surface area contributed by atoms with Crippen LogP contribution in [0.15, 0.2) is 6.20 Å². The van der Waals surface area contributed by atoms with Crippen LogP contribution in [-0.4, -0.2) is 68.1 Å². The van der Waals surface area contributed by atoms with Gasteiger partial charge in [-0.1, -0.05) is 13.8 Å². The highest BCUT2D eigenvalue weighted by Gasteiger charge is 2.29. The van der Waals surface area contributed by atoms with Crippen molar-refractivity contribution in [3.63, 3.8) is 0 Å². The van der Waals surface area contributed by atoms with E-state index >= 15 is 0 Å². The van der Waals surface area contributed by atoms with Gasteiger partial charge in [-0.25, -0.2) is 0 Å². The number of nitrogens with zero attached hydrogens (tertiary/aromatic N) is 4. The van der Waals surface area contributed by atoms with E-state index in [1.807, 2.05) is 11.6 Å². The lowest BCUT2D eigenvalue weighted by Gasteiger charge is -2.28. The highest BCUT2D eigenvalue weighted by atomic mass is 16.4. The van der Waals surface area contributed by atoms with Gasteiger partial charge in [0.1, 0.15) is 6.54 Å². The molecular weight excluding hydrogens is 348 g/mol. The lowest BCUT2D eigenvalue weighted by atomic mass is 10.1. The molecule has 0 saturated carbocycles. The van der Waals surface area contributed by atoms with E-state index in [-0.39, 0.29) is 24.4 Å². The summed E-state index contributed by atoms with van der Waals surface area (Å²) in [5.41, 5.74) is 1.48. The van der Waals surface area contributed by atoms with Crippen molar-refractivity contribution in [1.29, 1.82) is 0 Å². The Balaban J connectivity index is 2.07. The van der Waals surface area contributed by atoms with E-state index in [1.165, 1.54) is 11.8 Å². The van der Waals surface area contributed by atoms with Crippen molar-refractivity contribution >= 4 is 17.8 Å². The lowest BCUT2D eigenvalue weighted by molar-refractivity contribution is -0.145. The van der Waals surface area contributed by atoms with Crippen LogP contribution in [0, 0.1) is 12.8 Å². The Morgan fingerprint density at radius 2 is 2.00 bits per heavy atom. The summed E-state index contributed by atoms with van der Waals surface area (Å²) in [6.07, 6.45) is 3.65. The quantitative estimate of drug-likeness (QED) is 0.814. The number of likely N-dealkylation sites (tertiary alicyclic amines) is 1. The number of rotatable bonds is 6. The predicted octanol–water partition coefficient (Wildman–Crippen LogP) is 1.78. The summed E-state index contributed by atoms with van der Waals surface area (Å²) in [6, 6.07) is -0.152. The fourth-order valence-corrected chi connectivity index (χ4v) is 3.59. The maximum Gasteiger partial charge on any atom is 0.323 e. The Morgan fingerprint density at radius 1 is 1.30 bits per heavy atom. The van der Waals surface area contributed by atoms with Gasteiger partial charge in [0.05, 0.1) is 11.8 Å². The van der Waals surface area contributed by atoms with Crippen LogP contribution in [0.5, 0.6) is 0 Å². The molecule has 2 rings (SSSR count). The largest absolute Gasteiger partial charge is 0.480 e. The molecule has 1 N–H and O–H groups in total. The Morgan fingerprint density at radius 3 is 2.59 bits per heavy atom. The molecule has 1 aromatic rings. The number of aromatic nitrogens is 2. The van der Waals surface area contributed by atoms with E-state index < -0.39 is 5.97 Å². The topological polar surface area (TPSA) is 95.7 Å². The monoisotopic (exact) mass is 378 g/mol. The number of carbonyl (C=O) groups is 3. The van der Waals surface area contributed by atoms with Crippen molar-refractivity contribution in [3.8, 4) is 0 Å². The normalized spacial score (nSPS) is 17.7. The van der Waals surface area contributed by atoms with Crippen molar-refractivity contribution < 1.29 is 19.5 Å². The molecule has 1 aromatic heterocycles. The maximum absolute atomic E-state index is 13.0. The second kappa shape index (κ2) is 9.01. The van der Waals surface area contributed by atoms with Crippen LogP contribution in [0.25, 0.3) is 0 Å². The molecular formula is C19H30N4O4. The van der Waals surface area contributed by atoms with E-state index in [1.54, 1.807) is 11.1 Å². The van der Waals surface area contributed by atoms with Crippen LogP contribution in [0.2, 0.25) is 0 Å². The molecule has 2 amide bonds. The molecule has 0 aliphatic carbocycles. The highest BCUT2D eigenvalue weighted by Crippen LogP contribution is 2.20. The van der Waals surface area contributed by atoms with Gasteiger partial charge < -0.3 is 14.9 Å². The first kappa shape index (κ1) is 20.9. The van der Waals surface area contributed by atoms with Gasteiger partial charge in [-0.2, -0.15) is 5.10 Å². The molecule has 150 valence electrons. The molecule has 1 unspecified atom stereocenters. The van der Waals surface area contributed by atoms with Crippen molar-refractivity contribution in [1.82, 2.24) is 19.6 Å². The lowest BCUT2D eigenvalue weighted by Crippen LogP contribution is -2.43. The summed E-state index contributed by atoms with van der Waals surface area (Å²) in [6.45, 7) is 9.09. The summed E-state index contributed by atoms with van der Waals surface area (Å²) in [5, 5.41) is 13.4. The maximum atomic E-state index is 13.0. The summed E-state index contributed by atoms with van der Waals surface area (Å²) >= 11 is 0. The third-order valence-electron chi connectivity index (χ3n) is 5.01. The fraction of sp³-hybridized carbons (Fsp3) is 0.684. The molecule has 8 heteroatoms. The number of hydrogen-bond acceptors (Lipinski definition) is 4. The SMILES string of the molecule is CC(=O)N(CC(=O)O)C1CCCN(C(=O)c2cnn(CC(C)C)c2C)CC1. The van der Waals surface area contributed by atoms with Gasteiger partial charge in [0, 0.05) is 38.3 Å². The molecule has 1 aliphatic heterocycles. The van der Waals surface area contributed by atoms with Gasteiger partial charge in [0.15, 0.2) is 0 Å². The smallest absolute Gasteiger partial charge is 0.323 e. The first-order chi connectivity index (χ1) is 12.7. The van der Waals surface area contributed by atoms with Crippen molar-refractivity contribution in [2.45, 2.75) is 59.5 Å². The zero-order valence-corrected chi connectivity index (χ0v) is 16.6. The Hall–Kier alpha value is -2.38. The molecule has 0 bridgehead atoms. The predicted molar refractivity (Wildman–Crippen MR) is 100 cm³/mol. The van der Waals surface area contributed by atoms with Gasteiger partial charge in [-0.3, -0.25) is 19.1 Å². The molecule has 1 fully saturated rings. The molecule has 2 heterocycles. The molecule has 0 radical (unpaired) electrons. The van der Waals surface area contributed by atoms with Crippen LogP contribution in [0.1, 0.15) is 56.1 Å². The van der Waals surface area contributed by atoms with E-state index in [0.29, 0.717) is 37.4 Å². The third-order valence-corrected chi connectivity index (χ3v) is 5.01. The summed E-state index contributed by atoms with van der Waals surface area (Å²) < 4.78 is 1.86. The number of carboxylic acid groups (broad SMARTS) is 1. The van der Waals surface area contributed by atoms with E-state index in [4.69, 9.17) is 5.11 Å². The summed E-state index contributed by atoms with van der Waals surface area (Å²) in [7, 11) is 0. The fourth-order valence-electron chi connectivity index (χ4n) is 3.59. The molecule has 1 saturated heterocycles. The third kappa shape index (κ3) is 5.30. The van der Waals surface area contributed by atoms with Crippen LogP contribution >= 0.6 is 0 Å². The number of amides is 2. The van der Waals surface area contributed by atoms with Gasteiger partial charge in [0.25, 0.3) is 5.91 Å². The molecule has 1 aliphatic rings. The van der Waals surface area contributed by atoms with Gasteiger partial charge in [0.2, 0.25) is 5.91 Å². The van der Waals surface area contributed by atoms with Gasteiger partial charge >= 0.3 is 5.97 Å². The number of carbonyl (C=O) groups excluding carboxylic acids is 2. The van der Waals surface area contributed by atoms with Gasteiger partial charge in [-0.15, -0.1) is 0 Å². The van der Waals surface area contributed by atoms with Crippen LogP contribution in [-0.2, 0) is 16.1 Å². The number of hydrogen-bond donors (Lipinski definition) is 1. The minimum Gasteiger partial charge on any atom is -0.480 e. The second-order valence-electron chi connectivity index (χ2n) is 7.64. The highest BCUT2D eigenvalue weighted by molar-refractivity contribution is 5.95. The van der Waals surface area contributed by atoms with E-state index in [9.17, 15) is 14.4 Å². The van der Waals surface area contributed by atoms with Crippen LogP contribution in [0.3, 0.4) is 0 Å². The minimum atomic E-state index is -1.02. The van der Waals surface area contributed by atoms with Crippen molar-refractivity contribution in [2.75, 3.05) is 19.6 Å². The molecule has 1 atom stereocenters. The number of carboxylic acids is 1. The zero-order chi connectivity index (χ0) is 20.1. The first-order valence-corrected chi connectivity index (χ1v) is 9.51. The molecule has 27 heavy (non-hydrogen) atoms. The Kier molecular flexibility index (Phi) is 6.98. The Bertz CT molecular complexity index is 698. The van der Waals surface area contributed by atoms with Crippen LogP contribution in [0.4, 0.5) is 0 Å². The van der Waals surface area contributed by atoms with Crippen LogP contribution < -0.4 is 0 Å². The van der Waals surface area contributed by atoms with Crippen molar-refractivity contribution in [3.05, 3.63) is 17.5 Å². The molecule has 0 aromatic carbocycles. The van der Waals surface area contributed by atoms with Gasteiger partial charge in [-0.05, 0) is 32.1 Å². The average molecular weight is 378 g/mol. The molecule has 8 nitrogen and oxygen atoms in total. The molecule has 0 spiro atoms. The minimum absolute atomic E-state index is 0.0456. The van der Waals surface area contributed by atoms with E-state index in [2.05, 4.69) is 18.9 Å². The number of aliphatic carboxylic acids is 1. The summed E-state index contributed by atoms with van der Waals surface area (Å²) in [4.78, 5) is 39.0.